The molecule has 0 spiro atoms. The zero-order valence-electron chi connectivity index (χ0n) is 25.1. The van der Waals surface area contributed by atoms with Crippen molar-refractivity contribution in [2.24, 2.45) is 0 Å². The van der Waals surface area contributed by atoms with Crippen molar-refractivity contribution in [1.29, 1.82) is 0 Å². The number of fused-ring (bicyclic) bond motifs is 1. The lowest BCUT2D eigenvalue weighted by Crippen LogP contribution is -2.54. The zero-order chi connectivity index (χ0) is 30.7. The largest absolute Gasteiger partial charge is 0.444 e. The minimum atomic E-state index is -1.30. The van der Waals surface area contributed by atoms with Gasteiger partial charge in [-0.05, 0) is 67.3 Å². The van der Waals surface area contributed by atoms with Crippen LogP contribution in [-0.2, 0) is 14.3 Å². The second-order valence-electron chi connectivity index (χ2n) is 11.3. The van der Waals surface area contributed by atoms with Crippen LogP contribution in [0.3, 0.4) is 0 Å². The molecule has 0 radical (unpaired) electrons. The summed E-state index contributed by atoms with van der Waals surface area (Å²) < 4.78 is 5.33. The van der Waals surface area contributed by atoms with E-state index in [-0.39, 0.29) is 6.54 Å². The third-order valence-corrected chi connectivity index (χ3v) is 6.75. The van der Waals surface area contributed by atoms with Crippen molar-refractivity contribution in [1.82, 2.24) is 10.2 Å². The number of aliphatic hydroxyl groups is 1. The Morgan fingerprint density at radius 2 is 1.71 bits per heavy atom. The van der Waals surface area contributed by atoms with E-state index in [1.165, 1.54) is 4.90 Å². The van der Waals surface area contributed by atoms with Gasteiger partial charge in [-0.15, -0.1) is 0 Å². The predicted molar refractivity (Wildman–Crippen MR) is 168 cm³/mol. The van der Waals surface area contributed by atoms with E-state index in [9.17, 15) is 19.5 Å². The van der Waals surface area contributed by atoms with E-state index in [2.05, 4.69) is 24.1 Å². The lowest BCUT2D eigenvalue weighted by atomic mass is 9.99. The number of rotatable bonds is 13. The number of hydrogen-bond donors (Lipinski definition) is 3. The van der Waals surface area contributed by atoms with Crippen molar-refractivity contribution in [3.8, 4) is 0 Å². The van der Waals surface area contributed by atoms with Crippen LogP contribution in [0.5, 0.6) is 0 Å². The molecule has 0 aromatic heterocycles. The normalized spacial score (nSPS) is 12.7. The van der Waals surface area contributed by atoms with Crippen molar-refractivity contribution in [2.45, 2.75) is 71.1 Å². The van der Waals surface area contributed by atoms with Gasteiger partial charge >= 0.3 is 6.09 Å². The number of nitrogens with one attached hydrogen (secondary N) is 2. The van der Waals surface area contributed by atoms with E-state index in [1.807, 2.05) is 60.7 Å². The van der Waals surface area contributed by atoms with Crippen LogP contribution < -0.4 is 10.6 Å². The highest BCUT2D eigenvalue weighted by Gasteiger charge is 2.36. The molecule has 0 saturated carbocycles. The molecule has 3 aromatic rings. The molecule has 0 aliphatic rings. The average molecular weight is 574 g/mol. The van der Waals surface area contributed by atoms with Crippen molar-refractivity contribution >= 4 is 40.4 Å². The number of amides is 3. The van der Waals surface area contributed by atoms with E-state index in [0.717, 1.165) is 35.6 Å². The van der Waals surface area contributed by atoms with Crippen LogP contribution in [0.4, 0.5) is 10.5 Å². The predicted octanol–water partition coefficient (Wildman–Crippen LogP) is 6.46. The number of carbonyl (C=O) groups is 3. The molecule has 0 heterocycles. The van der Waals surface area contributed by atoms with Crippen molar-refractivity contribution in [3.63, 3.8) is 0 Å². The Labute approximate surface area is 248 Å². The summed E-state index contributed by atoms with van der Waals surface area (Å²) in [6.45, 7) is 10.7. The van der Waals surface area contributed by atoms with Gasteiger partial charge in [0.1, 0.15) is 17.7 Å². The summed E-state index contributed by atoms with van der Waals surface area (Å²) in [4.78, 5) is 42.1. The molecule has 3 rings (SSSR count). The maximum absolute atomic E-state index is 14.1. The van der Waals surface area contributed by atoms with E-state index >= 15 is 0 Å². The van der Waals surface area contributed by atoms with Gasteiger partial charge in [-0.1, -0.05) is 87.4 Å². The minimum absolute atomic E-state index is 0.249. The summed E-state index contributed by atoms with van der Waals surface area (Å²) in [6, 6.07) is 18.4. The van der Waals surface area contributed by atoms with Gasteiger partial charge in [-0.2, -0.15) is 0 Å². The third-order valence-electron chi connectivity index (χ3n) is 6.75. The Balaban J connectivity index is 2.02. The molecular weight excluding hydrogens is 530 g/mol. The molecule has 2 atom stereocenters. The van der Waals surface area contributed by atoms with Crippen LogP contribution >= 0.6 is 0 Å². The molecule has 8 nitrogen and oxygen atoms in total. The summed E-state index contributed by atoms with van der Waals surface area (Å²) in [5, 5.41) is 17.7. The Bertz CT molecular complexity index is 1380. The number of benzene rings is 3. The number of unbranched alkanes of at least 4 members (excludes halogenated alkanes) is 3. The van der Waals surface area contributed by atoms with Crippen LogP contribution in [0.1, 0.15) is 70.5 Å². The molecule has 3 amide bonds. The fraction of sp³-hybridized carbons (Fsp3) is 0.382. The van der Waals surface area contributed by atoms with Gasteiger partial charge in [0.2, 0.25) is 5.91 Å². The van der Waals surface area contributed by atoms with E-state index in [1.54, 1.807) is 32.9 Å². The van der Waals surface area contributed by atoms with E-state index in [0.29, 0.717) is 17.7 Å². The van der Waals surface area contributed by atoms with Crippen LogP contribution in [0, 0.1) is 0 Å². The van der Waals surface area contributed by atoms with E-state index < -0.39 is 42.2 Å². The second-order valence-corrected chi connectivity index (χ2v) is 11.3. The Hall–Kier alpha value is -4.17. The van der Waals surface area contributed by atoms with Crippen LogP contribution in [0.2, 0.25) is 0 Å². The molecule has 0 fully saturated rings. The number of aliphatic hydroxyl groups excluding tert-OH is 1. The zero-order valence-corrected chi connectivity index (χ0v) is 25.1. The summed E-state index contributed by atoms with van der Waals surface area (Å²) >= 11 is 0. The molecule has 0 aliphatic carbocycles. The Morgan fingerprint density at radius 1 is 0.976 bits per heavy atom. The molecule has 0 aliphatic heterocycles. The quantitative estimate of drug-likeness (QED) is 0.204. The molecule has 8 heteroatoms. The standard InChI is InChI=1S/C34H43N3O5/c1-6-8-9-12-20-37(32(40)29(23-38)36-33(41)42-34(3,4)5)30(27-17-13-14-24(7-2)21-27)31(39)35-28-19-18-25-15-10-11-16-26(25)22-28/h7,10-11,13-19,21-22,29-30,38H,2,6,8-9,12,20,23H2,1,3-5H3,(H,35,39)(H,36,41). The molecule has 0 bridgehead atoms. The molecule has 224 valence electrons. The fourth-order valence-electron chi connectivity index (χ4n) is 4.72. The lowest BCUT2D eigenvalue weighted by Gasteiger charge is -2.34. The smallest absolute Gasteiger partial charge is 0.408 e. The minimum Gasteiger partial charge on any atom is -0.444 e. The van der Waals surface area contributed by atoms with Crippen LogP contribution in [0.15, 0.2) is 73.3 Å². The highest BCUT2D eigenvalue weighted by Crippen LogP contribution is 2.27. The number of nitrogens with zero attached hydrogens (tertiary/aromatic N) is 1. The highest BCUT2D eigenvalue weighted by atomic mass is 16.6. The van der Waals surface area contributed by atoms with Gasteiger partial charge in [0.25, 0.3) is 5.91 Å². The van der Waals surface area contributed by atoms with Crippen molar-refractivity contribution in [3.05, 3.63) is 84.4 Å². The fourth-order valence-corrected chi connectivity index (χ4v) is 4.72. The Morgan fingerprint density at radius 3 is 2.38 bits per heavy atom. The number of carbonyl (C=O) groups excluding carboxylic acids is 3. The van der Waals surface area contributed by atoms with Crippen molar-refractivity contribution in [2.75, 3.05) is 18.5 Å². The number of ether oxygens (including phenoxy) is 1. The van der Waals surface area contributed by atoms with Gasteiger partial charge in [0.05, 0.1) is 6.61 Å². The summed E-state index contributed by atoms with van der Waals surface area (Å²) in [6.07, 6.45) is 4.32. The monoisotopic (exact) mass is 573 g/mol. The highest BCUT2D eigenvalue weighted by molar-refractivity contribution is 6.00. The van der Waals surface area contributed by atoms with Crippen LogP contribution in [0.25, 0.3) is 16.8 Å². The van der Waals surface area contributed by atoms with Gasteiger partial charge in [-0.25, -0.2) is 4.79 Å². The van der Waals surface area contributed by atoms with E-state index in [4.69, 9.17) is 4.74 Å². The van der Waals surface area contributed by atoms with Crippen molar-refractivity contribution < 1.29 is 24.2 Å². The number of alkyl carbamates (subject to hydrolysis) is 1. The second kappa shape index (κ2) is 15.2. The summed E-state index contributed by atoms with van der Waals surface area (Å²) in [5.74, 6) is -0.994. The molecule has 42 heavy (non-hydrogen) atoms. The van der Waals surface area contributed by atoms with Gasteiger partial charge < -0.3 is 25.4 Å². The lowest BCUT2D eigenvalue weighted by molar-refractivity contribution is -0.141. The molecule has 3 aromatic carbocycles. The maximum atomic E-state index is 14.1. The first-order valence-corrected chi connectivity index (χ1v) is 14.5. The Kier molecular flexibility index (Phi) is 11.7. The first-order valence-electron chi connectivity index (χ1n) is 14.5. The van der Waals surface area contributed by atoms with Crippen LogP contribution in [-0.4, -0.2) is 52.7 Å². The summed E-state index contributed by atoms with van der Waals surface area (Å²) in [7, 11) is 0. The average Bonchev–Trinajstić information content (AvgIpc) is 2.96. The van der Waals surface area contributed by atoms with Gasteiger partial charge in [-0.3, -0.25) is 9.59 Å². The van der Waals surface area contributed by atoms with Gasteiger partial charge in [0.15, 0.2) is 0 Å². The third kappa shape index (κ3) is 9.17. The SMILES string of the molecule is C=Cc1cccc(C(C(=O)Nc2ccc3ccccc3c2)N(CCCCCC)C(=O)C(CO)NC(=O)OC(C)(C)C)c1. The molecule has 3 N–H and O–H groups in total. The molecule has 0 saturated heterocycles. The maximum Gasteiger partial charge on any atom is 0.408 e. The summed E-state index contributed by atoms with van der Waals surface area (Å²) in [5.41, 5.74) is 1.18. The first-order chi connectivity index (χ1) is 20.1. The molecule has 2 unspecified atom stereocenters. The van der Waals surface area contributed by atoms with Gasteiger partial charge in [0, 0.05) is 12.2 Å². The topological polar surface area (TPSA) is 108 Å². The molecular formula is C34H43N3O5. The number of hydrogen-bond acceptors (Lipinski definition) is 5. The number of anilines is 1. The first kappa shape index (κ1) is 32.3.